The number of carbonyl (C=O) groups is 1. The van der Waals surface area contributed by atoms with Crippen molar-refractivity contribution in [2.24, 2.45) is 0 Å². The molecule has 0 rings (SSSR count). The van der Waals surface area contributed by atoms with E-state index in [1.807, 2.05) is 18.2 Å². The van der Waals surface area contributed by atoms with Crippen molar-refractivity contribution in [2.75, 3.05) is 0 Å². The third-order valence-corrected chi connectivity index (χ3v) is 3.22. The van der Waals surface area contributed by atoms with Crippen molar-refractivity contribution in [1.82, 2.24) is 0 Å². The molecule has 126 valence electrons. The number of hydrogen-bond acceptors (Lipinski definition) is 3. The average Bonchev–Trinajstić information content (AvgIpc) is 2.48. The van der Waals surface area contributed by atoms with Crippen LogP contribution in [0.5, 0.6) is 0 Å². The molecule has 4 heteroatoms. The van der Waals surface area contributed by atoms with E-state index in [9.17, 15) is 15.0 Å². The van der Waals surface area contributed by atoms with E-state index in [0.29, 0.717) is 6.42 Å². The summed E-state index contributed by atoms with van der Waals surface area (Å²) >= 11 is 0. The van der Waals surface area contributed by atoms with Crippen LogP contribution < -0.4 is 0 Å². The van der Waals surface area contributed by atoms with E-state index in [1.165, 1.54) is 12.8 Å². The minimum atomic E-state index is -0.904. The molecule has 0 spiro atoms. The molecule has 2 atom stereocenters. The van der Waals surface area contributed by atoms with Crippen LogP contribution in [-0.4, -0.2) is 33.5 Å². The van der Waals surface area contributed by atoms with Crippen molar-refractivity contribution in [3.8, 4) is 0 Å². The second-order valence-electron chi connectivity index (χ2n) is 5.36. The Labute approximate surface area is 133 Å². The molecule has 0 aromatic carbocycles. The summed E-state index contributed by atoms with van der Waals surface area (Å²) in [5.41, 5.74) is 0. The minimum absolute atomic E-state index is 0.208. The van der Waals surface area contributed by atoms with Crippen molar-refractivity contribution in [2.45, 2.75) is 70.5 Å². The van der Waals surface area contributed by atoms with Crippen molar-refractivity contribution in [1.29, 1.82) is 0 Å². The predicted octanol–water partition coefficient (Wildman–Crippen LogP) is 3.60. The number of unbranched alkanes of at least 4 members (excludes halogenated alkanes) is 5. The Hall–Kier alpha value is -1.39. The molecule has 0 aliphatic rings. The highest BCUT2D eigenvalue weighted by molar-refractivity contribution is 5.66. The molecule has 0 saturated heterocycles. The Balaban J connectivity index is 3.79. The first-order chi connectivity index (χ1) is 10.6. The molecule has 0 aromatic rings. The molecular weight excluding hydrogens is 280 g/mol. The van der Waals surface area contributed by atoms with Crippen LogP contribution in [0.2, 0.25) is 0 Å². The molecule has 0 saturated carbocycles. The van der Waals surface area contributed by atoms with Crippen LogP contribution in [0.15, 0.2) is 36.5 Å². The first kappa shape index (κ1) is 20.6. The van der Waals surface area contributed by atoms with Crippen LogP contribution >= 0.6 is 0 Å². The number of carboxylic acids is 1. The molecule has 0 heterocycles. The molecule has 22 heavy (non-hydrogen) atoms. The van der Waals surface area contributed by atoms with Gasteiger partial charge in [0, 0.05) is 6.42 Å². The van der Waals surface area contributed by atoms with Gasteiger partial charge in [-0.05, 0) is 32.1 Å². The first-order valence-electron chi connectivity index (χ1n) is 8.15. The number of aliphatic hydroxyl groups is 2. The van der Waals surface area contributed by atoms with E-state index >= 15 is 0 Å². The molecule has 0 aromatic heterocycles. The molecule has 4 nitrogen and oxygen atoms in total. The zero-order chi connectivity index (χ0) is 16.6. The summed E-state index contributed by atoms with van der Waals surface area (Å²) in [4.78, 5) is 10.3. The molecule has 0 unspecified atom stereocenters. The molecule has 3 N–H and O–H groups in total. The predicted molar refractivity (Wildman–Crippen MR) is 89.7 cm³/mol. The molecule has 0 bridgehead atoms. The van der Waals surface area contributed by atoms with Gasteiger partial charge >= 0.3 is 5.97 Å². The fourth-order valence-corrected chi connectivity index (χ4v) is 1.87. The lowest BCUT2D eigenvalue weighted by atomic mass is 10.1. The number of aliphatic hydroxyl groups excluding tert-OH is 2. The zero-order valence-corrected chi connectivity index (χ0v) is 13.5. The van der Waals surface area contributed by atoms with E-state index in [2.05, 4.69) is 6.92 Å². The van der Waals surface area contributed by atoms with E-state index in [4.69, 9.17) is 5.11 Å². The minimum Gasteiger partial charge on any atom is -0.481 e. The van der Waals surface area contributed by atoms with E-state index in [0.717, 1.165) is 25.7 Å². The lowest BCUT2D eigenvalue weighted by molar-refractivity contribution is -0.137. The van der Waals surface area contributed by atoms with Gasteiger partial charge in [0.15, 0.2) is 0 Å². The van der Waals surface area contributed by atoms with Gasteiger partial charge in [-0.25, -0.2) is 0 Å². The Morgan fingerprint density at radius 3 is 2.23 bits per heavy atom. The lowest BCUT2D eigenvalue weighted by Gasteiger charge is -2.09. The van der Waals surface area contributed by atoms with Crippen molar-refractivity contribution >= 4 is 5.97 Å². The molecule has 0 amide bonds. The van der Waals surface area contributed by atoms with Crippen LogP contribution in [0.1, 0.15) is 58.3 Å². The van der Waals surface area contributed by atoms with Gasteiger partial charge in [0.05, 0.1) is 0 Å². The molecule has 0 aliphatic heterocycles. The van der Waals surface area contributed by atoms with E-state index < -0.39 is 18.2 Å². The average molecular weight is 310 g/mol. The Bertz CT molecular complexity index is 358. The van der Waals surface area contributed by atoms with Crippen molar-refractivity contribution < 1.29 is 20.1 Å². The van der Waals surface area contributed by atoms with Crippen LogP contribution in [0.25, 0.3) is 0 Å². The van der Waals surface area contributed by atoms with Gasteiger partial charge in [-0.15, -0.1) is 0 Å². The highest BCUT2D eigenvalue weighted by Crippen LogP contribution is 2.04. The molecular formula is C18H30O4. The largest absolute Gasteiger partial charge is 0.481 e. The number of rotatable bonds is 13. The van der Waals surface area contributed by atoms with Gasteiger partial charge in [-0.3, -0.25) is 4.79 Å². The van der Waals surface area contributed by atoms with Crippen LogP contribution in [-0.2, 0) is 4.79 Å². The summed E-state index contributed by atoms with van der Waals surface area (Å²) in [7, 11) is 0. The summed E-state index contributed by atoms with van der Waals surface area (Å²) < 4.78 is 0. The van der Waals surface area contributed by atoms with Crippen molar-refractivity contribution in [3.63, 3.8) is 0 Å². The van der Waals surface area contributed by atoms with Gasteiger partial charge in [-0.1, -0.05) is 56.2 Å². The SMILES string of the molecule is CCCCC/C=C\[C@@H](O)[C@H](O)/C=C/C=C\CCCCC(=O)O. The maximum Gasteiger partial charge on any atom is 0.303 e. The van der Waals surface area contributed by atoms with Gasteiger partial charge < -0.3 is 15.3 Å². The third-order valence-electron chi connectivity index (χ3n) is 3.22. The summed E-state index contributed by atoms with van der Waals surface area (Å²) in [5, 5.41) is 28.0. The van der Waals surface area contributed by atoms with E-state index in [-0.39, 0.29) is 6.42 Å². The summed E-state index contributed by atoms with van der Waals surface area (Å²) in [6, 6.07) is 0. The topological polar surface area (TPSA) is 77.8 Å². The summed E-state index contributed by atoms with van der Waals surface area (Å²) in [5.74, 6) is -0.760. The van der Waals surface area contributed by atoms with Crippen molar-refractivity contribution in [3.05, 3.63) is 36.5 Å². The zero-order valence-electron chi connectivity index (χ0n) is 13.5. The Morgan fingerprint density at radius 1 is 0.909 bits per heavy atom. The number of aliphatic carboxylic acids is 1. The van der Waals surface area contributed by atoms with Crippen LogP contribution in [0, 0.1) is 0 Å². The van der Waals surface area contributed by atoms with Crippen LogP contribution in [0.4, 0.5) is 0 Å². The summed E-state index contributed by atoms with van der Waals surface area (Å²) in [6.07, 6.45) is 15.7. The normalized spacial score (nSPS) is 15.0. The fraction of sp³-hybridized carbons (Fsp3) is 0.611. The van der Waals surface area contributed by atoms with Gasteiger partial charge in [0.2, 0.25) is 0 Å². The van der Waals surface area contributed by atoms with Gasteiger partial charge in [-0.2, -0.15) is 0 Å². The quantitative estimate of drug-likeness (QED) is 0.276. The second-order valence-corrected chi connectivity index (χ2v) is 5.36. The number of allylic oxidation sites excluding steroid dienone is 4. The molecule has 0 radical (unpaired) electrons. The standard InChI is InChI=1S/C18H30O4/c1-2-3-4-7-10-13-16(19)17(20)14-11-8-5-6-9-12-15-18(21)22/h5,8,10-11,13-14,16-17,19-20H,2-4,6-7,9,12,15H2,1H3,(H,21,22)/b8-5-,13-10-,14-11+/t16-,17-/m1/s1. The smallest absolute Gasteiger partial charge is 0.303 e. The number of carboxylic acid groups (broad SMARTS) is 1. The van der Waals surface area contributed by atoms with Gasteiger partial charge in [0.1, 0.15) is 12.2 Å². The lowest BCUT2D eigenvalue weighted by Crippen LogP contribution is -2.20. The van der Waals surface area contributed by atoms with Gasteiger partial charge in [0.25, 0.3) is 0 Å². The Morgan fingerprint density at radius 2 is 1.55 bits per heavy atom. The summed E-state index contributed by atoms with van der Waals surface area (Å²) in [6.45, 7) is 2.15. The molecule has 0 aliphatic carbocycles. The highest BCUT2D eigenvalue weighted by atomic mass is 16.4. The third kappa shape index (κ3) is 13.6. The maximum absolute atomic E-state index is 10.3. The maximum atomic E-state index is 10.3. The van der Waals surface area contributed by atoms with E-state index in [1.54, 1.807) is 18.2 Å². The Kier molecular flexibility index (Phi) is 13.6. The monoisotopic (exact) mass is 310 g/mol. The number of hydrogen-bond donors (Lipinski definition) is 3. The fourth-order valence-electron chi connectivity index (χ4n) is 1.87. The molecule has 0 fully saturated rings. The first-order valence-corrected chi connectivity index (χ1v) is 8.15. The highest BCUT2D eigenvalue weighted by Gasteiger charge is 2.07. The van der Waals surface area contributed by atoms with Crippen LogP contribution in [0.3, 0.4) is 0 Å². The second kappa shape index (κ2) is 14.5.